The van der Waals surface area contributed by atoms with Crippen LogP contribution in [0.1, 0.15) is 11.7 Å². The number of halogens is 1. The second-order valence-electron chi connectivity index (χ2n) is 3.61. The van der Waals surface area contributed by atoms with Crippen molar-refractivity contribution in [2.75, 3.05) is 13.1 Å². The smallest absolute Gasteiger partial charge is 0.118 e. The first-order valence-electron chi connectivity index (χ1n) is 4.68. The number of aromatic nitrogens is 2. The molecule has 1 saturated heterocycles. The van der Waals surface area contributed by atoms with Gasteiger partial charge in [0.25, 0.3) is 0 Å². The van der Waals surface area contributed by atoms with Gasteiger partial charge in [-0.05, 0) is 12.1 Å². The minimum atomic E-state index is 0.554. The summed E-state index contributed by atoms with van der Waals surface area (Å²) in [6.07, 6.45) is 3.86. The summed E-state index contributed by atoms with van der Waals surface area (Å²) in [5, 5.41) is 4.01. The van der Waals surface area contributed by atoms with Crippen molar-refractivity contribution in [2.45, 2.75) is 5.92 Å². The van der Waals surface area contributed by atoms with E-state index in [2.05, 4.69) is 14.7 Å². The number of hydrogen-bond donors (Lipinski definition) is 1. The SMILES string of the molecule is Clc1ccn2c(C3CNC3)ncc2c1. The maximum atomic E-state index is 5.90. The summed E-state index contributed by atoms with van der Waals surface area (Å²) in [4.78, 5) is 4.42. The van der Waals surface area contributed by atoms with E-state index in [0.29, 0.717) is 5.92 Å². The lowest BCUT2D eigenvalue weighted by atomic mass is 10.0. The zero-order valence-electron chi connectivity index (χ0n) is 7.57. The van der Waals surface area contributed by atoms with Crippen molar-refractivity contribution in [2.24, 2.45) is 0 Å². The van der Waals surface area contributed by atoms with Crippen LogP contribution in [0.3, 0.4) is 0 Å². The van der Waals surface area contributed by atoms with Crippen LogP contribution in [0.2, 0.25) is 5.02 Å². The van der Waals surface area contributed by atoms with Crippen LogP contribution in [0.15, 0.2) is 24.5 Å². The molecule has 0 aliphatic carbocycles. The third kappa shape index (κ3) is 1.13. The average molecular weight is 208 g/mol. The number of pyridine rings is 1. The molecule has 1 aliphatic heterocycles. The Hall–Kier alpha value is -1.06. The molecule has 0 unspecified atom stereocenters. The van der Waals surface area contributed by atoms with Crippen LogP contribution in [0, 0.1) is 0 Å². The molecular weight excluding hydrogens is 198 g/mol. The van der Waals surface area contributed by atoms with Gasteiger partial charge in [0.05, 0.1) is 11.7 Å². The second-order valence-corrected chi connectivity index (χ2v) is 4.05. The minimum absolute atomic E-state index is 0.554. The van der Waals surface area contributed by atoms with E-state index in [1.165, 1.54) is 0 Å². The summed E-state index contributed by atoms with van der Waals surface area (Å²) in [5.41, 5.74) is 1.07. The Kier molecular flexibility index (Phi) is 1.75. The first kappa shape index (κ1) is 8.26. The molecule has 1 N–H and O–H groups in total. The monoisotopic (exact) mass is 207 g/mol. The predicted molar refractivity (Wildman–Crippen MR) is 55.8 cm³/mol. The quantitative estimate of drug-likeness (QED) is 0.771. The Morgan fingerprint density at radius 2 is 2.36 bits per heavy atom. The first-order valence-corrected chi connectivity index (χ1v) is 5.05. The van der Waals surface area contributed by atoms with Crippen molar-refractivity contribution in [1.82, 2.24) is 14.7 Å². The van der Waals surface area contributed by atoms with Gasteiger partial charge in [-0.15, -0.1) is 0 Å². The summed E-state index contributed by atoms with van der Waals surface area (Å²) in [6.45, 7) is 2.06. The van der Waals surface area contributed by atoms with Crippen molar-refractivity contribution < 1.29 is 0 Å². The molecule has 1 fully saturated rings. The average Bonchev–Trinajstić information content (AvgIpc) is 2.45. The molecule has 3 rings (SSSR count). The van der Waals surface area contributed by atoms with E-state index in [9.17, 15) is 0 Å². The molecule has 0 amide bonds. The molecule has 0 radical (unpaired) electrons. The van der Waals surface area contributed by atoms with Crippen molar-refractivity contribution in [3.8, 4) is 0 Å². The third-order valence-corrected chi connectivity index (χ3v) is 2.90. The summed E-state index contributed by atoms with van der Waals surface area (Å²) in [7, 11) is 0. The fourth-order valence-corrected chi connectivity index (χ4v) is 1.93. The van der Waals surface area contributed by atoms with Crippen LogP contribution < -0.4 is 5.32 Å². The number of hydrogen-bond acceptors (Lipinski definition) is 2. The van der Waals surface area contributed by atoms with Gasteiger partial charge in [0.2, 0.25) is 0 Å². The molecule has 72 valence electrons. The molecule has 3 nitrogen and oxygen atoms in total. The Morgan fingerprint density at radius 3 is 3.07 bits per heavy atom. The number of nitrogens with one attached hydrogen (secondary N) is 1. The number of fused-ring (bicyclic) bond motifs is 1. The zero-order valence-corrected chi connectivity index (χ0v) is 8.33. The lowest BCUT2D eigenvalue weighted by molar-refractivity contribution is 0.429. The van der Waals surface area contributed by atoms with Gasteiger partial charge >= 0.3 is 0 Å². The number of rotatable bonds is 1. The van der Waals surface area contributed by atoms with Gasteiger partial charge in [-0.2, -0.15) is 0 Å². The largest absolute Gasteiger partial charge is 0.315 e. The van der Waals surface area contributed by atoms with Gasteiger partial charge in [0.1, 0.15) is 5.82 Å². The van der Waals surface area contributed by atoms with Crippen molar-refractivity contribution in [3.63, 3.8) is 0 Å². The topological polar surface area (TPSA) is 29.3 Å². The van der Waals surface area contributed by atoms with Crippen molar-refractivity contribution in [3.05, 3.63) is 35.4 Å². The second kappa shape index (κ2) is 2.97. The molecule has 2 aromatic rings. The Balaban J connectivity index is 2.16. The summed E-state index contributed by atoms with van der Waals surface area (Å²) in [5.74, 6) is 1.69. The molecule has 0 spiro atoms. The van der Waals surface area contributed by atoms with E-state index in [0.717, 1.165) is 29.5 Å². The van der Waals surface area contributed by atoms with Gasteiger partial charge in [0, 0.05) is 30.2 Å². The van der Waals surface area contributed by atoms with Crippen LogP contribution in [-0.2, 0) is 0 Å². The fraction of sp³-hybridized carbons (Fsp3) is 0.300. The van der Waals surface area contributed by atoms with E-state index < -0.39 is 0 Å². The third-order valence-electron chi connectivity index (χ3n) is 2.67. The molecule has 0 saturated carbocycles. The lowest BCUT2D eigenvalue weighted by Gasteiger charge is -2.25. The Bertz CT molecular complexity index is 473. The van der Waals surface area contributed by atoms with Crippen molar-refractivity contribution in [1.29, 1.82) is 0 Å². The van der Waals surface area contributed by atoms with Gasteiger partial charge in [-0.1, -0.05) is 11.6 Å². The van der Waals surface area contributed by atoms with Gasteiger partial charge in [0.15, 0.2) is 0 Å². The van der Waals surface area contributed by atoms with Gasteiger partial charge in [-0.25, -0.2) is 4.98 Å². The molecule has 1 aliphatic rings. The molecule has 0 atom stereocenters. The highest BCUT2D eigenvalue weighted by Gasteiger charge is 2.22. The molecular formula is C10H10ClN3. The highest BCUT2D eigenvalue weighted by molar-refractivity contribution is 6.30. The van der Waals surface area contributed by atoms with E-state index in [-0.39, 0.29) is 0 Å². The van der Waals surface area contributed by atoms with Crippen LogP contribution in [0.25, 0.3) is 5.52 Å². The predicted octanol–water partition coefficient (Wildman–Crippen LogP) is 1.67. The lowest BCUT2D eigenvalue weighted by Crippen LogP contribution is -2.40. The zero-order chi connectivity index (χ0) is 9.54. The van der Waals surface area contributed by atoms with E-state index >= 15 is 0 Å². The molecule has 3 heterocycles. The maximum Gasteiger partial charge on any atom is 0.118 e. The van der Waals surface area contributed by atoms with E-state index in [1.54, 1.807) is 0 Å². The van der Waals surface area contributed by atoms with Crippen LogP contribution in [-0.4, -0.2) is 22.5 Å². The Morgan fingerprint density at radius 1 is 1.50 bits per heavy atom. The highest BCUT2D eigenvalue weighted by atomic mass is 35.5. The molecule has 14 heavy (non-hydrogen) atoms. The van der Waals surface area contributed by atoms with Crippen LogP contribution in [0.5, 0.6) is 0 Å². The summed E-state index contributed by atoms with van der Waals surface area (Å²) < 4.78 is 2.11. The minimum Gasteiger partial charge on any atom is -0.315 e. The fourth-order valence-electron chi connectivity index (χ4n) is 1.77. The highest BCUT2D eigenvalue weighted by Crippen LogP contribution is 2.21. The van der Waals surface area contributed by atoms with Crippen LogP contribution in [0.4, 0.5) is 0 Å². The normalized spacial score (nSPS) is 17.2. The molecule has 0 aromatic carbocycles. The first-order chi connectivity index (χ1) is 6.84. The summed E-state index contributed by atoms with van der Waals surface area (Å²) in [6, 6.07) is 3.83. The van der Waals surface area contributed by atoms with Gasteiger partial charge < -0.3 is 9.72 Å². The number of imidazole rings is 1. The number of nitrogens with zero attached hydrogens (tertiary/aromatic N) is 2. The van der Waals surface area contributed by atoms with Gasteiger partial charge in [-0.3, -0.25) is 0 Å². The molecule has 0 bridgehead atoms. The standard InChI is InChI=1S/C10H10ClN3/c11-8-1-2-14-9(3-8)6-13-10(14)7-4-12-5-7/h1-3,6-7,12H,4-5H2. The summed E-state index contributed by atoms with van der Waals surface area (Å²) >= 11 is 5.90. The maximum absolute atomic E-state index is 5.90. The Labute approximate surface area is 86.7 Å². The van der Waals surface area contributed by atoms with E-state index in [4.69, 9.17) is 11.6 Å². The van der Waals surface area contributed by atoms with Crippen LogP contribution >= 0.6 is 11.6 Å². The molecule has 2 aromatic heterocycles. The van der Waals surface area contributed by atoms with Crippen molar-refractivity contribution >= 4 is 17.1 Å². The molecule has 4 heteroatoms. The van der Waals surface area contributed by atoms with E-state index in [1.807, 2.05) is 24.5 Å².